The van der Waals surface area contributed by atoms with Gasteiger partial charge in [-0.3, -0.25) is 9.35 Å². The van der Waals surface area contributed by atoms with Crippen LogP contribution in [0, 0.1) is 5.41 Å². The number of hydrogen-bond acceptors (Lipinski definition) is 8. The second kappa shape index (κ2) is 9.68. The zero-order valence-electron chi connectivity index (χ0n) is 19.2. The summed E-state index contributed by atoms with van der Waals surface area (Å²) in [6.45, 7) is 4.74. The van der Waals surface area contributed by atoms with E-state index in [1.54, 1.807) is 6.92 Å². The molecule has 18 heteroatoms. The molecule has 0 aromatic heterocycles. The summed E-state index contributed by atoms with van der Waals surface area (Å²) in [7, 11) is -16.8. The molecule has 0 spiro atoms. The lowest BCUT2D eigenvalue weighted by molar-refractivity contribution is -0.247. The molecule has 0 bridgehead atoms. The van der Waals surface area contributed by atoms with Gasteiger partial charge in [0.1, 0.15) is 5.75 Å². The first kappa shape index (κ1) is 32.0. The van der Waals surface area contributed by atoms with Crippen LogP contribution in [-0.2, 0) is 29.8 Å². The second-order valence-corrected chi connectivity index (χ2v) is 14.8. The fourth-order valence-corrected chi connectivity index (χ4v) is 4.78. The summed E-state index contributed by atoms with van der Waals surface area (Å²) >= 11 is 0. The third-order valence-corrected chi connectivity index (χ3v) is 9.58. The minimum absolute atomic E-state index is 0.0920. The van der Waals surface area contributed by atoms with Gasteiger partial charge in [0.05, 0.1) is 5.41 Å². The molecule has 1 aromatic carbocycles. The van der Waals surface area contributed by atoms with Crippen LogP contribution in [0.3, 0.4) is 0 Å². The molecule has 0 heterocycles. The predicted octanol–water partition coefficient (Wildman–Crippen LogP) is 4.63. The summed E-state index contributed by atoms with van der Waals surface area (Å²) in [5.41, 5.74) is -0.989. The van der Waals surface area contributed by atoms with Gasteiger partial charge < -0.3 is 8.92 Å². The highest BCUT2D eigenvalue weighted by atomic mass is 32.3. The largest absolute Gasteiger partial charge is 0.450 e. The van der Waals surface area contributed by atoms with E-state index in [0.29, 0.717) is 18.6 Å². The van der Waals surface area contributed by atoms with Crippen molar-refractivity contribution < 1.29 is 66.2 Å². The molecule has 0 fully saturated rings. The maximum Gasteiger partial charge on any atom is 0.450 e. The van der Waals surface area contributed by atoms with Crippen molar-refractivity contribution in [2.45, 2.75) is 48.5 Å². The van der Waals surface area contributed by atoms with E-state index < -0.39 is 69.1 Å². The van der Waals surface area contributed by atoms with Crippen molar-refractivity contribution in [2.24, 2.45) is 5.41 Å². The fourth-order valence-electron chi connectivity index (χ4n) is 2.06. The highest BCUT2D eigenvalue weighted by molar-refractivity contribution is 8.44. The number of halogens is 6. The van der Waals surface area contributed by atoms with Crippen LogP contribution in [-0.4, -0.2) is 61.6 Å². The lowest BCUT2D eigenvalue weighted by Crippen LogP contribution is -2.61. The van der Waals surface area contributed by atoms with Gasteiger partial charge in [0.15, 0.2) is 0 Å². The molecule has 1 aromatic rings. The molecular weight excluding hydrogens is 570 g/mol. The number of alkyl halides is 6. The van der Waals surface area contributed by atoms with Crippen LogP contribution < -0.4 is 4.18 Å². The van der Waals surface area contributed by atoms with E-state index in [0.717, 1.165) is 12.1 Å². The molecule has 0 aliphatic rings. The number of hydrogen-bond donors (Lipinski definition) is 1. The highest BCUT2D eigenvalue weighted by Gasteiger charge is 2.83. The van der Waals surface area contributed by atoms with Crippen molar-refractivity contribution in [1.29, 1.82) is 0 Å². The van der Waals surface area contributed by atoms with Gasteiger partial charge in [-0.15, -0.1) is 10.0 Å². The van der Waals surface area contributed by atoms with E-state index in [-0.39, 0.29) is 4.90 Å². The summed E-state index contributed by atoms with van der Waals surface area (Å²) in [6.07, 6.45) is 3.07. The molecule has 0 amide bonds. The normalized spacial score (nSPS) is 14.8. The molecule has 1 N–H and O–H groups in total. The van der Waals surface area contributed by atoms with Gasteiger partial charge in [0, 0.05) is 0 Å². The standard InChI is InChI=1S/C18H22F6O9S3/c1-6-15(2,3)13(25)32-14(26)34(4,5)12-9-7-11(8-10-12)33-36(30,31)18(23,24)16(19,20)17(21,22)35(27,28)29/h7-10H,6H2,1-5H3,(H,27,28,29). The molecule has 0 aliphatic carbocycles. The SMILES string of the molecule is CCC(C)(C)C(=O)OC(=O)S(C)(C)c1ccc(OS(=O)(=O)C(F)(F)C(F)(F)C(F)(F)S(=O)(=O)O)cc1. The summed E-state index contributed by atoms with van der Waals surface area (Å²) < 4.78 is 143. The Labute approximate surface area is 204 Å². The number of ether oxygens (including phenoxy) is 1. The van der Waals surface area contributed by atoms with Crippen LogP contribution in [0.2, 0.25) is 0 Å². The maximum absolute atomic E-state index is 13.9. The van der Waals surface area contributed by atoms with Gasteiger partial charge in [0.2, 0.25) is 0 Å². The summed E-state index contributed by atoms with van der Waals surface area (Å²) in [5.74, 6) is -9.08. The average Bonchev–Trinajstić information content (AvgIpc) is 2.72. The molecule has 208 valence electrons. The number of benzene rings is 1. The van der Waals surface area contributed by atoms with E-state index >= 15 is 0 Å². The van der Waals surface area contributed by atoms with E-state index in [4.69, 9.17) is 9.29 Å². The molecule has 36 heavy (non-hydrogen) atoms. The molecule has 9 nitrogen and oxygen atoms in total. The zero-order valence-corrected chi connectivity index (χ0v) is 21.7. The number of carbonyl (C=O) groups excluding carboxylic acids is 2. The smallest absolute Gasteiger partial charge is 0.385 e. The zero-order chi connectivity index (χ0) is 28.8. The van der Waals surface area contributed by atoms with Crippen LogP contribution in [0.4, 0.5) is 31.1 Å². The van der Waals surface area contributed by atoms with Crippen LogP contribution in [0.5, 0.6) is 5.75 Å². The maximum atomic E-state index is 13.9. The predicted molar refractivity (Wildman–Crippen MR) is 116 cm³/mol. The van der Waals surface area contributed by atoms with E-state index in [9.17, 15) is 52.8 Å². The minimum Gasteiger partial charge on any atom is -0.385 e. The van der Waals surface area contributed by atoms with Crippen molar-refractivity contribution in [3.63, 3.8) is 0 Å². The Hall–Kier alpha value is -2.05. The van der Waals surface area contributed by atoms with Crippen LogP contribution in [0.15, 0.2) is 29.2 Å². The average molecular weight is 593 g/mol. The summed E-state index contributed by atoms with van der Waals surface area (Å²) in [6, 6.07) is 3.11. The van der Waals surface area contributed by atoms with Gasteiger partial charge in [-0.2, -0.15) is 43.2 Å². The van der Waals surface area contributed by atoms with E-state index in [1.807, 2.05) is 0 Å². The molecular formula is C18H22F6O9S3. The first-order chi connectivity index (χ1) is 15.8. The summed E-state index contributed by atoms with van der Waals surface area (Å²) in [5, 5.41) is -14.7. The third-order valence-electron chi connectivity index (χ3n) is 5.02. The van der Waals surface area contributed by atoms with Crippen LogP contribution >= 0.6 is 10.0 Å². The Morgan fingerprint density at radius 3 is 1.72 bits per heavy atom. The Bertz CT molecular complexity index is 1230. The minimum atomic E-state index is -7.17. The van der Waals surface area contributed by atoms with Crippen molar-refractivity contribution in [2.75, 3.05) is 12.5 Å². The molecule has 0 aliphatic heterocycles. The van der Waals surface area contributed by atoms with Crippen molar-refractivity contribution in [3.05, 3.63) is 24.3 Å². The first-order valence-corrected chi connectivity index (χ1v) is 14.7. The molecule has 0 saturated heterocycles. The van der Waals surface area contributed by atoms with Gasteiger partial charge in [-0.25, -0.2) is 4.79 Å². The molecule has 0 radical (unpaired) electrons. The Morgan fingerprint density at radius 1 is 0.889 bits per heavy atom. The molecule has 0 unspecified atom stereocenters. The second-order valence-electron chi connectivity index (χ2n) is 8.30. The molecule has 0 atom stereocenters. The lowest BCUT2D eigenvalue weighted by Gasteiger charge is -2.30. The summed E-state index contributed by atoms with van der Waals surface area (Å²) in [4.78, 5) is 24.8. The lowest BCUT2D eigenvalue weighted by atomic mass is 9.91. The van der Waals surface area contributed by atoms with Crippen molar-refractivity contribution >= 4 is 41.5 Å². The molecule has 1 rings (SSSR count). The number of carbonyl (C=O) groups is 2. The van der Waals surface area contributed by atoms with Gasteiger partial charge in [-0.1, -0.05) is 6.92 Å². The topological polar surface area (TPSA) is 141 Å². The fraction of sp³-hybridized carbons (Fsp3) is 0.556. The first-order valence-electron chi connectivity index (χ1n) is 9.44. The van der Waals surface area contributed by atoms with Gasteiger partial charge in [-0.05, 0) is 61.9 Å². The van der Waals surface area contributed by atoms with E-state index in [2.05, 4.69) is 4.18 Å². The van der Waals surface area contributed by atoms with Crippen molar-refractivity contribution in [3.8, 4) is 5.75 Å². The van der Waals surface area contributed by atoms with E-state index in [1.165, 1.54) is 26.4 Å². The quantitative estimate of drug-likeness (QED) is 0.143. The Morgan fingerprint density at radius 2 is 1.33 bits per heavy atom. The number of esters is 1. The Kier molecular flexibility index (Phi) is 8.60. The van der Waals surface area contributed by atoms with Crippen molar-refractivity contribution in [1.82, 2.24) is 0 Å². The van der Waals surface area contributed by atoms with Crippen LogP contribution in [0.1, 0.15) is 27.2 Å². The third kappa shape index (κ3) is 5.60. The molecule has 0 saturated carbocycles. The van der Waals surface area contributed by atoms with Crippen LogP contribution in [0.25, 0.3) is 0 Å². The number of rotatable bonds is 9. The highest BCUT2D eigenvalue weighted by Crippen LogP contribution is 2.53. The monoisotopic (exact) mass is 592 g/mol. The van der Waals surface area contributed by atoms with Gasteiger partial charge in [0.25, 0.3) is 0 Å². The Balaban J connectivity index is 3.25. The van der Waals surface area contributed by atoms with Gasteiger partial charge >= 0.3 is 47.9 Å².